The lowest BCUT2D eigenvalue weighted by Gasteiger charge is -2.16. The van der Waals surface area contributed by atoms with Gasteiger partial charge < -0.3 is 5.32 Å². The molecule has 0 fully saturated rings. The van der Waals surface area contributed by atoms with E-state index < -0.39 is 0 Å². The van der Waals surface area contributed by atoms with Crippen LogP contribution >= 0.6 is 0 Å². The van der Waals surface area contributed by atoms with E-state index in [1.165, 1.54) is 17.5 Å². The summed E-state index contributed by atoms with van der Waals surface area (Å²) in [6.45, 7) is 5.29. The Morgan fingerprint density at radius 2 is 1.94 bits per heavy atom. The van der Waals surface area contributed by atoms with Crippen LogP contribution in [0, 0.1) is 19.3 Å². The molecule has 1 aromatic rings. The van der Waals surface area contributed by atoms with Gasteiger partial charge in [-0.3, -0.25) is 0 Å². The number of hydrogen-bond donors (Lipinski definition) is 1. The maximum absolute atomic E-state index is 5.32. The lowest BCUT2D eigenvalue weighted by atomic mass is 10.0. The molecule has 0 bridgehead atoms. The summed E-state index contributed by atoms with van der Waals surface area (Å²) in [5.74, 6) is 2.72. The Kier molecular flexibility index (Phi) is 6.43. The van der Waals surface area contributed by atoms with Gasteiger partial charge >= 0.3 is 0 Å². The molecule has 17 heavy (non-hydrogen) atoms. The van der Waals surface area contributed by atoms with Crippen molar-refractivity contribution in [3.8, 4) is 12.3 Å². The van der Waals surface area contributed by atoms with E-state index in [4.69, 9.17) is 6.42 Å². The van der Waals surface area contributed by atoms with Crippen molar-refractivity contribution in [2.75, 3.05) is 6.54 Å². The molecule has 0 heterocycles. The molecule has 1 atom stereocenters. The second-order valence-corrected chi connectivity index (χ2v) is 4.52. The maximum atomic E-state index is 5.32. The van der Waals surface area contributed by atoms with Crippen LogP contribution < -0.4 is 5.32 Å². The molecule has 1 nitrogen and oxygen atoms in total. The third-order valence-corrected chi connectivity index (χ3v) is 3.03. The minimum atomic E-state index is 0.553. The highest BCUT2D eigenvalue weighted by atomic mass is 14.9. The number of aryl methyl sites for hydroxylation is 2. The van der Waals surface area contributed by atoms with E-state index >= 15 is 0 Å². The fourth-order valence-electron chi connectivity index (χ4n) is 1.99. The summed E-state index contributed by atoms with van der Waals surface area (Å²) in [4.78, 5) is 0. The Hall–Kier alpha value is -1.26. The van der Waals surface area contributed by atoms with Crippen molar-refractivity contribution in [3.05, 3.63) is 35.4 Å². The molecule has 1 rings (SSSR count). The van der Waals surface area contributed by atoms with Crippen LogP contribution in [0.4, 0.5) is 0 Å². The zero-order valence-electron chi connectivity index (χ0n) is 11.0. The SMILES string of the molecule is C#CCCC(CCc1ccc(C)cc1)NCC. The van der Waals surface area contributed by atoms with E-state index in [9.17, 15) is 0 Å². The zero-order chi connectivity index (χ0) is 12.5. The molecule has 0 saturated heterocycles. The molecule has 0 aromatic heterocycles. The molecule has 1 unspecified atom stereocenters. The number of terminal acetylenes is 1. The van der Waals surface area contributed by atoms with Gasteiger partial charge in [-0.25, -0.2) is 0 Å². The second-order valence-electron chi connectivity index (χ2n) is 4.52. The predicted molar refractivity (Wildman–Crippen MR) is 75.0 cm³/mol. The first-order chi connectivity index (χ1) is 8.26. The highest BCUT2D eigenvalue weighted by molar-refractivity contribution is 5.21. The van der Waals surface area contributed by atoms with Gasteiger partial charge in [0.1, 0.15) is 0 Å². The van der Waals surface area contributed by atoms with E-state index in [-0.39, 0.29) is 0 Å². The van der Waals surface area contributed by atoms with Gasteiger partial charge in [-0.1, -0.05) is 36.8 Å². The average molecular weight is 229 g/mol. The molecule has 1 heteroatoms. The lowest BCUT2D eigenvalue weighted by Crippen LogP contribution is -2.29. The Morgan fingerprint density at radius 3 is 2.53 bits per heavy atom. The molecular formula is C16H23N. The second kappa shape index (κ2) is 7.92. The molecule has 0 saturated carbocycles. The normalized spacial score (nSPS) is 12.1. The maximum Gasteiger partial charge on any atom is 0.0101 e. The molecule has 92 valence electrons. The van der Waals surface area contributed by atoms with Gasteiger partial charge in [0.25, 0.3) is 0 Å². The topological polar surface area (TPSA) is 12.0 Å². The van der Waals surface area contributed by atoms with Crippen LogP contribution in [0.2, 0.25) is 0 Å². The van der Waals surface area contributed by atoms with Gasteiger partial charge in [0.15, 0.2) is 0 Å². The molecular weight excluding hydrogens is 206 g/mol. The van der Waals surface area contributed by atoms with Gasteiger partial charge in [0, 0.05) is 12.5 Å². The first kappa shape index (κ1) is 13.8. The summed E-state index contributed by atoms with van der Waals surface area (Å²) in [6, 6.07) is 9.36. The van der Waals surface area contributed by atoms with Crippen LogP contribution in [0.25, 0.3) is 0 Å². The monoisotopic (exact) mass is 229 g/mol. The van der Waals surface area contributed by atoms with Crippen molar-refractivity contribution in [2.24, 2.45) is 0 Å². The number of nitrogens with one attached hydrogen (secondary N) is 1. The van der Waals surface area contributed by atoms with Gasteiger partial charge in [-0.05, 0) is 38.3 Å². The van der Waals surface area contributed by atoms with Gasteiger partial charge in [0.2, 0.25) is 0 Å². The van der Waals surface area contributed by atoms with Gasteiger partial charge in [0.05, 0.1) is 0 Å². The first-order valence-electron chi connectivity index (χ1n) is 6.48. The highest BCUT2D eigenvalue weighted by Gasteiger charge is 2.06. The number of hydrogen-bond acceptors (Lipinski definition) is 1. The summed E-state index contributed by atoms with van der Waals surface area (Å²) in [7, 11) is 0. The summed E-state index contributed by atoms with van der Waals surface area (Å²) < 4.78 is 0. The van der Waals surface area contributed by atoms with E-state index in [0.717, 1.165) is 25.8 Å². The van der Waals surface area contributed by atoms with Crippen molar-refractivity contribution < 1.29 is 0 Å². The largest absolute Gasteiger partial charge is 0.314 e. The van der Waals surface area contributed by atoms with Crippen molar-refractivity contribution in [1.29, 1.82) is 0 Å². The summed E-state index contributed by atoms with van der Waals surface area (Å²) in [5, 5.41) is 3.50. The third kappa shape index (κ3) is 5.56. The van der Waals surface area contributed by atoms with Crippen molar-refractivity contribution >= 4 is 0 Å². The van der Waals surface area contributed by atoms with Crippen molar-refractivity contribution in [3.63, 3.8) is 0 Å². The molecule has 0 radical (unpaired) electrons. The minimum absolute atomic E-state index is 0.553. The Labute approximate surface area is 106 Å². The van der Waals surface area contributed by atoms with Crippen molar-refractivity contribution in [1.82, 2.24) is 5.32 Å². The number of benzene rings is 1. The molecule has 0 spiro atoms. The Morgan fingerprint density at radius 1 is 1.24 bits per heavy atom. The van der Waals surface area contributed by atoms with E-state index in [2.05, 4.69) is 49.4 Å². The van der Waals surface area contributed by atoms with E-state index in [1.807, 2.05) is 0 Å². The third-order valence-electron chi connectivity index (χ3n) is 3.03. The van der Waals surface area contributed by atoms with Gasteiger partial charge in [-0.15, -0.1) is 12.3 Å². The minimum Gasteiger partial charge on any atom is -0.314 e. The lowest BCUT2D eigenvalue weighted by molar-refractivity contribution is 0.469. The molecule has 1 aromatic carbocycles. The molecule has 0 aliphatic rings. The summed E-state index contributed by atoms with van der Waals surface area (Å²) in [5.41, 5.74) is 2.74. The smallest absolute Gasteiger partial charge is 0.0101 e. The zero-order valence-corrected chi connectivity index (χ0v) is 11.0. The van der Waals surface area contributed by atoms with Crippen LogP contribution in [0.15, 0.2) is 24.3 Å². The predicted octanol–water partition coefficient (Wildman–Crippen LogP) is 3.32. The van der Waals surface area contributed by atoms with Crippen LogP contribution in [0.3, 0.4) is 0 Å². The Balaban J connectivity index is 2.40. The quantitative estimate of drug-likeness (QED) is 0.707. The molecule has 0 aliphatic heterocycles. The fraction of sp³-hybridized carbons (Fsp3) is 0.500. The summed E-state index contributed by atoms with van der Waals surface area (Å²) in [6.07, 6.45) is 9.56. The fourth-order valence-corrected chi connectivity index (χ4v) is 1.99. The average Bonchev–Trinajstić information content (AvgIpc) is 2.35. The Bertz CT molecular complexity index is 345. The molecule has 0 amide bonds. The van der Waals surface area contributed by atoms with E-state index in [0.29, 0.717) is 6.04 Å². The van der Waals surface area contributed by atoms with Crippen LogP contribution in [0.5, 0.6) is 0 Å². The number of rotatable bonds is 7. The van der Waals surface area contributed by atoms with Crippen LogP contribution in [-0.2, 0) is 6.42 Å². The van der Waals surface area contributed by atoms with E-state index in [1.54, 1.807) is 0 Å². The van der Waals surface area contributed by atoms with Crippen LogP contribution in [0.1, 0.15) is 37.3 Å². The standard InChI is InChI=1S/C16H23N/c1-4-6-7-16(17-5-2)13-12-15-10-8-14(3)9-11-15/h1,8-11,16-17H,5-7,12-13H2,2-3H3. The first-order valence-corrected chi connectivity index (χ1v) is 6.48. The molecule has 0 aliphatic carbocycles. The van der Waals surface area contributed by atoms with Gasteiger partial charge in [-0.2, -0.15) is 0 Å². The summed E-state index contributed by atoms with van der Waals surface area (Å²) >= 11 is 0. The van der Waals surface area contributed by atoms with Crippen LogP contribution in [-0.4, -0.2) is 12.6 Å². The molecule has 1 N–H and O–H groups in total. The highest BCUT2D eigenvalue weighted by Crippen LogP contribution is 2.10. The van der Waals surface area contributed by atoms with Crippen molar-refractivity contribution in [2.45, 2.75) is 45.6 Å².